The van der Waals surface area contributed by atoms with E-state index in [9.17, 15) is 0 Å². The first-order chi connectivity index (χ1) is 12.0. The maximum Gasteiger partial charge on any atom is 0.183 e. The maximum atomic E-state index is 6.30. The van der Waals surface area contributed by atoms with E-state index < -0.39 is 0 Å². The molecule has 8 heteroatoms. The van der Waals surface area contributed by atoms with Gasteiger partial charge in [0, 0.05) is 16.1 Å². The van der Waals surface area contributed by atoms with Crippen LogP contribution in [-0.2, 0) is 6.54 Å². The summed E-state index contributed by atoms with van der Waals surface area (Å²) in [6.07, 6.45) is 0.0376. The number of hydrogen-bond acceptors (Lipinski definition) is 4. The second-order valence-electron chi connectivity index (χ2n) is 5.68. The molecule has 3 rings (SSSR count). The van der Waals surface area contributed by atoms with Crippen molar-refractivity contribution in [2.45, 2.75) is 26.5 Å². The summed E-state index contributed by atoms with van der Waals surface area (Å²) in [5.74, 6) is 1.25. The molecule has 3 aromatic rings. The topological polar surface area (TPSA) is 52.8 Å². The average molecular weight is 398 g/mol. The molecule has 0 unspecified atom stereocenters. The van der Waals surface area contributed by atoms with Crippen LogP contribution < -0.4 is 4.74 Å². The highest BCUT2D eigenvalue weighted by Crippen LogP contribution is 2.33. The smallest absolute Gasteiger partial charge is 0.183 e. The van der Waals surface area contributed by atoms with Crippen molar-refractivity contribution in [2.24, 2.45) is 0 Å². The fraction of sp³-hybridized carbons (Fsp3) is 0.235. The Morgan fingerprint density at radius 1 is 1.12 bits per heavy atom. The van der Waals surface area contributed by atoms with Crippen LogP contribution in [0.25, 0.3) is 11.4 Å². The molecule has 1 aromatic heterocycles. The Hall–Kier alpha value is -1.82. The van der Waals surface area contributed by atoms with Crippen LogP contribution in [0.1, 0.15) is 19.4 Å². The summed E-state index contributed by atoms with van der Waals surface area (Å²) < 4.78 is 7.49. The number of aromatic nitrogens is 4. The van der Waals surface area contributed by atoms with Crippen molar-refractivity contribution in [3.63, 3.8) is 0 Å². The van der Waals surface area contributed by atoms with E-state index in [1.54, 1.807) is 22.9 Å². The van der Waals surface area contributed by atoms with Crippen molar-refractivity contribution in [2.75, 3.05) is 0 Å². The number of rotatable bonds is 5. The second-order valence-corrected chi connectivity index (χ2v) is 6.90. The lowest BCUT2D eigenvalue weighted by molar-refractivity contribution is 0.239. The highest BCUT2D eigenvalue weighted by atomic mass is 35.5. The Morgan fingerprint density at radius 2 is 1.92 bits per heavy atom. The van der Waals surface area contributed by atoms with Gasteiger partial charge in [-0.25, -0.2) is 4.68 Å². The van der Waals surface area contributed by atoms with Gasteiger partial charge in [-0.1, -0.05) is 40.9 Å². The molecule has 0 bridgehead atoms. The molecule has 0 aliphatic rings. The van der Waals surface area contributed by atoms with E-state index in [1.807, 2.05) is 32.0 Å². The molecular formula is C17H15Cl3N4O. The molecule has 130 valence electrons. The van der Waals surface area contributed by atoms with E-state index in [0.717, 1.165) is 11.3 Å². The molecule has 0 atom stereocenters. The number of benzene rings is 2. The first-order valence-electron chi connectivity index (χ1n) is 7.61. The van der Waals surface area contributed by atoms with Gasteiger partial charge in [0.2, 0.25) is 0 Å². The lowest BCUT2D eigenvalue weighted by atomic mass is 10.1. The van der Waals surface area contributed by atoms with Crippen LogP contribution in [0.3, 0.4) is 0 Å². The summed E-state index contributed by atoms with van der Waals surface area (Å²) in [7, 11) is 0. The van der Waals surface area contributed by atoms with Crippen LogP contribution in [-0.4, -0.2) is 26.3 Å². The van der Waals surface area contributed by atoms with E-state index in [4.69, 9.17) is 39.5 Å². The molecule has 25 heavy (non-hydrogen) atoms. The Labute approximate surface area is 160 Å². The molecular weight excluding hydrogens is 383 g/mol. The molecule has 0 saturated carbocycles. The van der Waals surface area contributed by atoms with Gasteiger partial charge in [0.15, 0.2) is 5.82 Å². The van der Waals surface area contributed by atoms with Gasteiger partial charge in [-0.05, 0) is 54.6 Å². The summed E-state index contributed by atoms with van der Waals surface area (Å²) in [6, 6.07) is 10.8. The van der Waals surface area contributed by atoms with E-state index >= 15 is 0 Å². The number of nitrogens with zero attached hydrogens (tertiary/aromatic N) is 4. The highest BCUT2D eigenvalue weighted by Gasteiger charge is 2.16. The van der Waals surface area contributed by atoms with E-state index in [-0.39, 0.29) is 6.10 Å². The SMILES string of the molecule is CC(C)Oc1ccc(Cl)cc1Cn1nnnc1-c1cccc(Cl)c1Cl. The van der Waals surface area contributed by atoms with Crippen molar-refractivity contribution in [3.8, 4) is 17.1 Å². The summed E-state index contributed by atoms with van der Waals surface area (Å²) in [4.78, 5) is 0. The van der Waals surface area contributed by atoms with Crippen LogP contribution in [0.15, 0.2) is 36.4 Å². The number of ether oxygens (including phenoxy) is 1. The van der Waals surface area contributed by atoms with Gasteiger partial charge in [0.25, 0.3) is 0 Å². The van der Waals surface area contributed by atoms with Crippen LogP contribution in [0.5, 0.6) is 5.75 Å². The normalized spacial score (nSPS) is 11.1. The minimum absolute atomic E-state index is 0.0376. The minimum Gasteiger partial charge on any atom is -0.491 e. The van der Waals surface area contributed by atoms with Crippen LogP contribution in [0.2, 0.25) is 15.1 Å². The summed E-state index contributed by atoms with van der Waals surface area (Å²) in [5, 5.41) is 13.4. The van der Waals surface area contributed by atoms with Gasteiger partial charge in [0.1, 0.15) is 5.75 Å². The second kappa shape index (κ2) is 7.60. The van der Waals surface area contributed by atoms with E-state index in [2.05, 4.69) is 15.5 Å². The zero-order valence-electron chi connectivity index (χ0n) is 13.6. The Morgan fingerprint density at radius 3 is 2.68 bits per heavy atom. The first-order valence-corrected chi connectivity index (χ1v) is 8.74. The van der Waals surface area contributed by atoms with Crippen molar-refractivity contribution in [3.05, 3.63) is 57.0 Å². The molecule has 1 heterocycles. The quantitative estimate of drug-likeness (QED) is 0.598. The maximum absolute atomic E-state index is 6.30. The predicted molar refractivity (Wildman–Crippen MR) is 99.6 cm³/mol. The molecule has 0 saturated heterocycles. The minimum atomic E-state index is 0.0376. The molecule has 0 aliphatic carbocycles. The lowest BCUT2D eigenvalue weighted by Gasteiger charge is -2.15. The zero-order chi connectivity index (χ0) is 18.0. The summed E-state index contributed by atoms with van der Waals surface area (Å²) in [6.45, 7) is 4.31. The van der Waals surface area contributed by atoms with Crippen molar-refractivity contribution >= 4 is 34.8 Å². The molecule has 0 spiro atoms. The van der Waals surface area contributed by atoms with Crippen molar-refractivity contribution in [1.82, 2.24) is 20.2 Å². The Balaban J connectivity index is 2.00. The van der Waals surface area contributed by atoms with Gasteiger partial charge in [0.05, 0.1) is 22.7 Å². The third kappa shape index (κ3) is 4.06. The van der Waals surface area contributed by atoms with Gasteiger partial charge in [-0.15, -0.1) is 5.10 Å². The Kier molecular flexibility index (Phi) is 5.47. The first kappa shape index (κ1) is 18.0. The standard InChI is InChI=1S/C17H15Cl3N4O/c1-10(2)25-15-7-6-12(18)8-11(15)9-24-17(21-22-23-24)13-4-3-5-14(19)16(13)20/h3-8,10H,9H2,1-2H3. The van der Waals surface area contributed by atoms with Gasteiger partial charge in [-0.3, -0.25) is 0 Å². The third-order valence-electron chi connectivity index (χ3n) is 3.43. The van der Waals surface area contributed by atoms with Crippen LogP contribution in [0, 0.1) is 0 Å². The van der Waals surface area contributed by atoms with Gasteiger partial charge >= 0.3 is 0 Å². The fourth-order valence-corrected chi connectivity index (χ4v) is 2.96. The molecule has 0 N–H and O–H groups in total. The molecule has 0 amide bonds. The fourth-order valence-electron chi connectivity index (χ4n) is 2.38. The van der Waals surface area contributed by atoms with Crippen LogP contribution in [0.4, 0.5) is 0 Å². The largest absolute Gasteiger partial charge is 0.491 e. The number of tetrazole rings is 1. The molecule has 0 fully saturated rings. The van der Waals surface area contributed by atoms with E-state index in [0.29, 0.717) is 33.0 Å². The summed E-state index contributed by atoms with van der Waals surface area (Å²) in [5.41, 5.74) is 1.53. The molecule has 5 nitrogen and oxygen atoms in total. The van der Waals surface area contributed by atoms with Crippen molar-refractivity contribution in [1.29, 1.82) is 0 Å². The monoisotopic (exact) mass is 396 g/mol. The molecule has 0 radical (unpaired) electrons. The van der Waals surface area contributed by atoms with E-state index in [1.165, 1.54) is 0 Å². The molecule has 0 aliphatic heterocycles. The van der Waals surface area contributed by atoms with Gasteiger partial charge < -0.3 is 4.74 Å². The van der Waals surface area contributed by atoms with Gasteiger partial charge in [-0.2, -0.15) is 0 Å². The zero-order valence-corrected chi connectivity index (χ0v) is 15.8. The number of halogens is 3. The molecule has 2 aromatic carbocycles. The van der Waals surface area contributed by atoms with Crippen molar-refractivity contribution < 1.29 is 4.74 Å². The highest BCUT2D eigenvalue weighted by molar-refractivity contribution is 6.43. The Bertz CT molecular complexity index is 895. The summed E-state index contributed by atoms with van der Waals surface area (Å²) >= 11 is 18.5. The average Bonchev–Trinajstić information content (AvgIpc) is 3.00. The lowest BCUT2D eigenvalue weighted by Crippen LogP contribution is -2.10. The van der Waals surface area contributed by atoms with Crippen LogP contribution >= 0.6 is 34.8 Å². The predicted octanol–water partition coefficient (Wildman–Crippen LogP) is 5.14. The number of hydrogen-bond donors (Lipinski definition) is 0. The third-order valence-corrected chi connectivity index (χ3v) is 4.48.